The minimum Gasteiger partial charge on any atom is -0.466 e. The van der Waals surface area contributed by atoms with Gasteiger partial charge in [-0.1, -0.05) is 31.9 Å². The van der Waals surface area contributed by atoms with Crippen molar-refractivity contribution in [1.82, 2.24) is 0 Å². The van der Waals surface area contributed by atoms with Gasteiger partial charge in [-0.15, -0.1) is 0 Å². The summed E-state index contributed by atoms with van der Waals surface area (Å²) in [5.74, 6) is -0.510. The highest BCUT2D eigenvalue weighted by atomic mass is 79.9. The molecule has 0 aliphatic heterocycles. The van der Waals surface area contributed by atoms with Crippen molar-refractivity contribution in [3.63, 3.8) is 0 Å². The molecule has 0 bridgehead atoms. The van der Waals surface area contributed by atoms with Crippen molar-refractivity contribution in [3.05, 3.63) is 27.7 Å². The maximum atomic E-state index is 12.3. The molecule has 106 valence electrons. The molecule has 0 unspecified atom stereocenters. The molecule has 0 fully saturated rings. The third-order valence-corrected chi connectivity index (χ3v) is 3.57. The van der Waals surface area contributed by atoms with Crippen molar-refractivity contribution in [3.8, 4) is 5.75 Å². The Morgan fingerprint density at radius 2 is 2.05 bits per heavy atom. The molecule has 0 amide bonds. The second-order valence-electron chi connectivity index (χ2n) is 3.55. The summed E-state index contributed by atoms with van der Waals surface area (Å²) in [5, 5.41) is 0.526. The zero-order valence-corrected chi connectivity index (χ0v) is 13.3. The van der Waals surface area contributed by atoms with Gasteiger partial charge in [-0.25, -0.2) is 0 Å². The minimum atomic E-state index is -2.94. The average molecular weight is 402 g/mol. The Morgan fingerprint density at radius 1 is 1.37 bits per heavy atom. The van der Waals surface area contributed by atoms with Gasteiger partial charge in [0.1, 0.15) is 5.75 Å². The van der Waals surface area contributed by atoms with Crippen molar-refractivity contribution in [1.29, 1.82) is 0 Å². The molecule has 0 aliphatic carbocycles. The van der Waals surface area contributed by atoms with Crippen LogP contribution in [0.3, 0.4) is 0 Å². The number of hydrogen-bond acceptors (Lipinski definition) is 3. The van der Waals surface area contributed by atoms with E-state index in [2.05, 4.69) is 36.6 Å². The topological polar surface area (TPSA) is 35.5 Å². The molecule has 1 rings (SSSR count). The van der Waals surface area contributed by atoms with Crippen LogP contribution in [0.15, 0.2) is 16.6 Å². The van der Waals surface area contributed by atoms with Gasteiger partial charge in [0.15, 0.2) is 0 Å². The average Bonchev–Trinajstić information content (AvgIpc) is 2.32. The van der Waals surface area contributed by atoms with E-state index in [9.17, 15) is 13.6 Å². The largest absolute Gasteiger partial charge is 0.466 e. The Bertz CT molecular complexity index is 453. The third-order valence-electron chi connectivity index (χ3n) is 2.23. The Labute approximate surface area is 126 Å². The Kier molecular flexibility index (Phi) is 6.71. The SMILES string of the molecule is CCOC(=O)Cc1cc(CBr)c(Br)cc1OC(F)F. The van der Waals surface area contributed by atoms with Gasteiger partial charge in [-0.3, -0.25) is 4.79 Å². The lowest BCUT2D eigenvalue weighted by molar-refractivity contribution is -0.142. The quantitative estimate of drug-likeness (QED) is 0.532. The lowest BCUT2D eigenvalue weighted by Crippen LogP contribution is -2.11. The number of ether oxygens (including phenoxy) is 2. The lowest BCUT2D eigenvalue weighted by atomic mass is 10.1. The van der Waals surface area contributed by atoms with Crippen LogP contribution in [-0.4, -0.2) is 19.2 Å². The second kappa shape index (κ2) is 7.79. The molecule has 1 aromatic rings. The van der Waals surface area contributed by atoms with E-state index < -0.39 is 12.6 Å². The molecule has 0 atom stereocenters. The highest BCUT2D eigenvalue weighted by Gasteiger charge is 2.16. The molecule has 7 heteroatoms. The van der Waals surface area contributed by atoms with Crippen LogP contribution in [0.2, 0.25) is 0 Å². The number of benzene rings is 1. The molecule has 1 aromatic carbocycles. The van der Waals surface area contributed by atoms with E-state index in [0.717, 1.165) is 5.56 Å². The van der Waals surface area contributed by atoms with E-state index in [1.165, 1.54) is 6.07 Å². The maximum Gasteiger partial charge on any atom is 0.387 e. The molecule has 0 aromatic heterocycles. The van der Waals surface area contributed by atoms with Crippen LogP contribution in [-0.2, 0) is 21.3 Å². The van der Waals surface area contributed by atoms with Gasteiger partial charge in [0, 0.05) is 15.4 Å². The monoisotopic (exact) mass is 400 g/mol. The fourth-order valence-electron chi connectivity index (χ4n) is 1.46. The highest BCUT2D eigenvalue weighted by Crippen LogP contribution is 2.30. The molecule has 0 radical (unpaired) electrons. The summed E-state index contributed by atoms with van der Waals surface area (Å²) >= 11 is 6.54. The van der Waals surface area contributed by atoms with Crippen LogP contribution in [0.5, 0.6) is 5.75 Å². The number of alkyl halides is 3. The fourth-order valence-corrected chi connectivity index (χ4v) is 2.77. The van der Waals surface area contributed by atoms with E-state index in [1.54, 1.807) is 13.0 Å². The molecule has 0 heterocycles. The number of carbonyl (C=O) groups excluding carboxylic acids is 1. The van der Waals surface area contributed by atoms with E-state index in [-0.39, 0.29) is 18.8 Å². The first-order chi connectivity index (χ1) is 8.97. The third kappa shape index (κ3) is 5.06. The molecule has 0 spiro atoms. The summed E-state index contributed by atoms with van der Waals surface area (Å²) in [6, 6.07) is 3.06. The van der Waals surface area contributed by atoms with Crippen LogP contribution < -0.4 is 4.74 Å². The molecule has 19 heavy (non-hydrogen) atoms. The van der Waals surface area contributed by atoms with Crippen LogP contribution >= 0.6 is 31.9 Å². The van der Waals surface area contributed by atoms with E-state index >= 15 is 0 Å². The molecule has 0 saturated carbocycles. The van der Waals surface area contributed by atoms with E-state index in [4.69, 9.17) is 4.74 Å². The zero-order valence-electron chi connectivity index (χ0n) is 10.1. The van der Waals surface area contributed by atoms with Crippen LogP contribution in [0, 0.1) is 0 Å². The second-order valence-corrected chi connectivity index (χ2v) is 4.96. The Hall–Kier alpha value is -0.690. The van der Waals surface area contributed by atoms with Gasteiger partial charge in [0.05, 0.1) is 13.0 Å². The van der Waals surface area contributed by atoms with E-state index in [1.807, 2.05) is 0 Å². The summed E-state index contributed by atoms with van der Waals surface area (Å²) < 4.78 is 34.5. The first-order valence-electron chi connectivity index (χ1n) is 5.45. The Morgan fingerprint density at radius 3 is 2.58 bits per heavy atom. The van der Waals surface area contributed by atoms with Gasteiger partial charge in [0.2, 0.25) is 0 Å². The summed E-state index contributed by atoms with van der Waals surface area (Å²) in [6.07, 6.45) is -0.108. The van der Waals surface area contributed by atoms with Crippen molar-refractivity contribution in [2.45, 2.75) is 25.3 Å². The molecular weight excluding hydrogens is 390 g/mol. The minimum absolute atomic E-state index is 0.0281. The molecular formula is C12H12Br2F2O3. The fraction of sp³-hybridized carbons (Fsp3) is 0.417. The lowest BCUT2D eigenvalue weighted by Gasteiger charge is -2.13. The van der Waals surface area contributed by atoms with Gasteiger partial charge in [0.25, 0.3) is 0 Å². The van der Waals surface area contributed by atoms with Crippen molar-refractivity contribution in [2.75, 3.05) is 6.61 Å². The molecule has 0 saturated heterocycles. The summed E-state index contributed by atoms with van der Waals surface area (Å²) in [7, 11) is 0. The first-order valence-corrected chi connectivity index (χ1v) is 7.37. The van der Waals surface area contributed by atoms with Gasteiger partial charge in [-0.2, -0.15) is 8.78 Å². The predicted molar refractivity (Wildman–Crippen MR) is 73.7 cm³/mol. The highest BCUT2D eigenvalue weighted by molar-refractivity contribution is 9.10. The molecule has 3 nitrogen and oxygen atoms in total. The number of rotatable bonds is 6. The first kappa shape index (κ1) is 16.4. The van der Waals surface area contributed by atoms with Crippen molar-refractivity contribution < 1.29 is 23.0 Å². The number of halogens is 4. The summed E-state index contributed by atoms with van der Waals surface area (Å²) in [4.78, 5) is 11.4. The van der Waals surface area contributed by atoms with Crippen LogP contribution in [0.25, 0.3) is 0 Å². The van der Waals surface area contributed by atoms with Crippen molar-refractivity contribution in [2.24, 2.45) is 0 Å². The van der Waals surface area contributed by atoms with E-state index in [0.29, 0.717) is 15.4 Å². The number of hydrogen-bond donors (Lipinski definition) is 0. The standard InChI is InChI=1S/C12H12Br2F2O3/c1-2-18-11(17)4-7-3-8(6-13)9(14)5-10(7)19-12(15)16/h3,5,12H,2,4,6H2,1H3. The number of esters is 1. The van der Waals surface area contributed by atoms with Gasteiger partial charge >= 0.3 is 12.6 Å². The maximum absolute atomic E-state index is 12.3. The van der Waals surface area contributed by atoms with Crippen LogP contribution in [0.4, 0.5) is 8.78 Å². The Balaban J connectivity index is 3.06. The zero-order chi connectivity index (χ0) is 14.4. The molecule has 0 N–H and O–H groups in total. The van der Waals surface area contributed by atoms with Crippen molar-refractivity contribution >= 4 is 37.8 Å². The van der Waals surface area contributed by atoms with Gasteiger partial charge in [-0.05, 0) is 24.6 Å². The smallest absolute Gasteiger partial charge is 0.387 e. The molecule has 0 aliphatic rings. The van der Waals surface area contributed by atoms with Crippen LogP contribution in [0.1, 0.15) is 18.1 Å². The predicted octanol–water partition coefficient (Wildman–Crippen LogP) is 4.05. The normalized spacial score (nSPS) is 10.6. The summed E-state index contributed by atoms with van der Waals surface area (Å²) in [6.45, 7) is -1.02. The van der Waals surface area contributed by atoms with Gasteiger partial charge < -0.3 is 9.47 Å². The summed E-state index contributed by atoms with van der Waals surface area (Å²) in [5.41, 5.74) is 1.21. The number of carbonyl (C=O) groups is 1.